The molecule has 1 aromatic carbocycles. The lowest BCUT2D eigenvalue weighted by molar-refractivity contribution is -0.139. The molecule has 0 aromatic heterocycles. The fourth-order valence-corrected chi connectivity index (χ4v) is 1.41. The second-order valence-corrected chi connectivity index (χ2v) is 3.62. The summed E-state index contributed by atoms with van der Waals surface area (Å²) < 4.78 is 17.4. The molecule has 1 aromatic rings. The Morgan fingerprint density at radius 1 is 1.44 bits per heavy atom. The molecule has 0 atom stereocenters. The van der Waals surface area contributed by atoms with Crippen molar-refractivity contribution in [1.29, 1.82) is 0 Å². The maximum absolute atomic E-state index is 13.0. The molecule has 5 heteroatoms. The lowest BCUT2D eigenvalue weighted by Crippen LogP contribution is -1.97. The minimum absolute atomic E-state index is 0.0386. The van der Waals surface area contributed by atoms with Crippen LogP contribution in [0.5, 0.6) is 0 Å². The quantitative estimate of drug-likeness (QED) is 0.441. The van der Waals surface area contributed by atoms with Gasteiger partial charge in [0.25, 0.3) is 0 Å². The third kappa shape index (κ3) is 3.41. The Kier molecular flexibility index (Phi) is 4.60. The molecule has 0 aliphatic rings. The summed E-state index contributed by atoms with van der Waals surface area (Å²) in [5.41, 5.74) is 0.445. The summed E-state index contributed by atoms with van der Waals surface area (Å²) in [6, 6.07) is 2.68. The number of rotatable bonds is 1. The van der Waals surface area contributed by atoms with Gasteiger partial charge in [-0.15, -0.1) is 0 Å². The van der Waals surface area contributed by atoms with E-state index in [1.165, 1.54) is 19.2 Å². The van der Waals surface area contributed by atoms with Crippen molar-refractivity contribution in [2.75, 3.05) is 7.11 Å². The van der Waals surface area contributed by atoms with Crippen molar-refractivity contribution in [2.24, 2.45) is 0 Å². The molecule has 0 spiro atoms. The predicted octanol–water partition coefficient (Wildman–Crippen LogP) is 3.05. The van der Waals surface area contributed by atoms with E-state index in [-0.39, 0.29) is 16.5 Å². The number of hydrogen-bond donors (Lipinski definition) is 0. The number of benzene rings is 1. The number of methoxy groups -OCH3 is 1. The van der Waals surface area contributed by atoms with Gasteiger partial charge in [0.1, 0.15) is 6.42 Å². The Morgan fingerprint density at radius 3 is 2.50 bits per heavy atom. The smallest absolute Gasteiger partial charge is 0.317 e. The lowest BCUT2D eigenvalue weighted by Gasteiger charge is -1.98. The molecule has 0 unspecified atom stereocenters. The predicted molar refractivity (Wildman–Crippen MR) is 59.9 cm³/mol. The van der Waals surface area contributed by atoms with Crippen LogP contribution in [0.25, 0.3) is 0 Å². The molecule has 0 saturated carbocycles. The van der Waals surface area contributed by atoms with Crippen LogP contribution in [0, 0.1) is 17.7 Å². The number of carbonyl (C=O) groups excluding carboxylic acids is 1. The van der Waals surface area contributed by atoms with Crippen molar-refractivity contribution in [2.45, 2.75) is 6.42 Å². The van der Waals surface area contributed by atoms with Crippen LogP contribution in [0.1, 0.15) is 12.0 Å². The van der Waals surface area contributed by atoms with Crippen LogP contribution in [0.3, 0.4) is 0 Å². The standard InChI is InChI=1S/C11H7Cl2FO2/c1-16-10(15)4-2-3-7-5-8(12)11(14)9(13)6-7/h5-6H,4H2,1H3. The van der Waals surface area contributed by atoms with Gasteiger partial charge in [-0.3, -0.25) is 4.79 Å². The molecule has 0 radical (unpaired) electrons. The number of carbonyl (C=O) groups is 1. The van der Waals surface area contributed by atoms with E-state index in [0.29, 0.717) is 5.56 Å². The van der Waals surface area contributed by atoms with Crippen LogP contribution >= 0.6 is 23.2 Å². The summed E-state index contributed by atoms with van der Waals surface area (Å²) >= 11 is 11.1. The molecule has 2 nitrogen and oxygen atoms in total. The van der Waals surface area contributed by atoms with E-state index in [1.807, 2.05) is 0 Å². The first kappa shape index (κ1) is 12.8. The first-order valence-electron chi connectivity index (χ1n) is 4.25. The highest BCUT2D eigenvalue weighted by atomic mass is 35.5. The Bertz CT molecular complexity index is 452. The minimum Gasteiger partial charge on any atom is -0.468 e. The molecule has 0 aliphatic carbocycles. The number of halogens is 3. The molecule has 84 valence electrons. The third-order valence-corrected chi connectivity index (χ3v) is 2.23. The molecule has 0 bridgehead atoms. The highest BCUT2D eigenvalue weighted by molar-refractivity contribution is 6.35. The summed E-state index contributed by atoms with van der Waals surface area (Å²) in [7, 11) is 1.27. The molecule has 1 rings (SSSR count). The Hall–Kier alpha value is -1.24. The summed E-state index contributed by atoms with van der Waals surface area (Å²) in [5.74, 6) is 4.08. The number of hydrogen-bond acceptors (Lipinski definition) is 2. The van der Waals surface area contributed by atoms with Gasteiger partial charge < -0.3 is 4.74 Å². The topological polar surface area (TPSA) is 26.3 Å². The average molecular weight is 261 g/mol. The molecule has 0 N–H and O–H groups in total. The van der Waals surface area contributed by atoms with Gasteiger partial charge in [-0.1, -0.05) is 35.0 Å². The highest BCUT2D eigenvalue weighted by Crippen LogP contribution is 2.24. The van der Waals surface area contributed by atoms with Crippen LogP contribution < -0.4 is 0 Å². The van der Waals surface area contributed by atoms with E-state index < -0.39 is 11.8 Å². The van der Waals surface area contributed by atoms with Crippen molar-refractivity contribution in [3.8, 4) is 11.8 Å². The van der Waals surface area contributed by atoms with Gasteiger partial charge in [0.05, 0.1) is 17.2 Å². The number of esters is 1. The van der Waals surface area contributed by atoms with Gasteiger partial charge in [0.2, 0.25) is 0 Å². The normalized spacial score (nSPS) is 9.25. The van der Waals surface area contributed by atoms with E-state index in [0.717, 1.165) is 0 Å². The average Bonchev–Trinajstić information content (AvgIpc) is 2.25. The molecule has 0 heterocycles. The van der Waals surface area contributed by atoms with Gasteiger partial charge in [0, 0.05) is 5.56 Å². The van der Waals surface area contributed by atoms with E-state index in [4.69, 9.17) is 23.2 Å². The molecule has 0 aliphatic heterocycles. The van der Waals surface area contributed by atoms with E-state index in [2.05, 4.69) is 16.6 Å². The zero-order valence-corrected chi connectivity index (χ0v) is 9.82. The van der Waals surface area contributed by atoms with Gasteiger partial charge in [0.15, 0.2) is 5.82 Å². The van der Waals surface area contributed by atoms with Crippen molar-refractivity contribution < 1.29 is 13.9 Å². The van der Waals surface area contributed by atoms with Crippen LogP contribution in [0.15, 0.2) is 12.1 Å². The van der Waals surface area contributed by atoms with Crippen molar-refractivity contribution in [1.82, 2.24) is 0 Å². The molecular weight excluding hydrogens is 254 g/mol. The highest BCUT2D eigenvalue weighted by Gasteiger charge is 2.06. The van der Waals surface area contributed by atoms with Gasteiger partial charge in [-0.25, -0.2) is 4.39 Å². The largest absolute Gasteiger partial charge is 0.468 e. The maximum atomic E-state index is 13.0. The minimum atomic E-state index is -0.679. The third-order valence-electron chi connectivity index (χ3n) is 1.68. The number of ether oxygens (including phenoxy) is 1. The Morgan fingerprint density at radius 2 is 2.00 bits per heavy atom. The SMILES string of the molecule is COC(=O)CC#Cc1cc(Cl)c(F)c(Cl)c1. The zero-order valence-electron chi connectivity index (χ0n) is 8.31. The molecule has 0 saturated heterocycles. The van der Waals surface area contributed by atoms with Gasteiger partial charge >= 0.3 is 5.97 Å². The van der Waals surface area contributed by atoms with Gasteiger partial charge in [-0.2, -0.15) is 0 Å². The zero-order chi connectivity index (χ0) is 12.1. The van der Waals surface area contributed by atoms with Crippen LogP contribution in [-0.4, -0.2) is 13.1 Å². The fraction of sp³-hybridized carbons (Fsp3) is 0.182. The first-order valence-corrected chi connectivity index (χ1v) is 5.00. The Balaban J connectivity index is 2.86. The fourth-order valence-electron chi connectivity index (χ4n) is 0.918. The summed E-state index contributed by atoms with van der Waals surface area (Å²) in [6.07, 6.45) is -0.0386. The van der Waals surface area contributed by atoms with E-state index in [1.54, 1.807) is 0 Å². The van der Waals surface area contributed by atoms with E-state index >= 15 is 0 Å². The first-order chi connectivity index (χ1) is 7.54. The Labute approximate surface area is 102 Å². The lowest BCUT2D eigenvalue weighted by atomic mass is 10.2. The van der Waals surface area contributed by atoms with Crippen LogP contribution in [0.4, 0.5) is 4.39 Å². The second-order valence-electron chi connectivity index (χ2n) is 2.81. The van der Waals surface area contributed by atoms with Crippen LogP contribution in [0.2, 0.25) is 10.0 Å². The monoisotopic (exact) mass is 260 g/mol. The van der Waals surface area contributed by atoms with Gasteiger partial charge in [-0.05, 0) is 12.1 Å². The van der Waals surface area contributed by atoms with Crippen molar-refractivity contribution in [3.63, 3.8) is 0 Å². The molecule has 0 amide bonds. The molecular formula is C11H7Cl2FO2. The molecule has 16 heavy (non-hydrogen) atoms. The van der Waals surface area contributed by atoms with E-state index in [9.17, 15) is 9.18 Å². The molecule has 0 fully saturated rings. The summed E-state index contributed by atoms with van der Waals surface area (Å²) in [5, 5.41) is -0.204. The maximum Gasteiger partial charge on any atom is 0.317 e. The summed E-state index contributed by atoms with van der Waals surface area (Å²) in [4.78, 5) is 10.8. The van der Waals surface area contributed by atoms with Crippen molar-refractivity contribution >= 4 is 29.2 Å². The van der Waals surface area contributed by atoms with Crippen LogP contribution in [-0.2, 0) is 9.53 Å². The second kappa shape index (κ2) is 5.74. The van der Waals surface area contributed by atoms with Crippen molar-refractivity contribution in [3.05, 3.63) is 33.6 Å². The summed E-state index contributed by atoms with van der Waals surface area (Å²) in [6.45, 7) is 0.